The van der Waals surface area contributed by atoms with E-state index in [2.05, 4.69) is 55.6 Å². The fourth-order valence-corrected chi connectivity index (χ4v) is 10.2. The number of hydrogen-bond acceptors (Lipinski definition) is 6. The number of hydrogen-bond donors (Lipinski definition) is 2. The first-order valence-corrected chi connectivity index (χ1v) is 33.5. The van der Waals surface area contributed by atoms with Gasteiger partial charge in [-0.2, -0.15) is 0 Å². The fourth-order valence-electron chi connectivity index (χ4n) is 9.49. The first kappa shape index (κ1) is 72.5. The van der Waals surface area contributed by atoms with Crippen LogP contribution < -0.4 is 10.2 Å². The summed E-state index contributed by atoms with van der Waals surface area (Å²) >= 11 is 0. The van der Waals surface area contributed by atoms with Crippen molar-refractivity contribution in [3.05, 3.63) is 48.6 Å². The summed E-state index contributed by atoms with van der Waals surface area (Å²) in [5.74, 6) is -0.209. The van der Waals surface area contributed by atoms with Gasteiger partial charge in [-0.05, 0) is 64.2 Å². The highest BCUT2D eigenvalue weighted by atomic mass is 31.2. The highest BCUT2D eigenvalue weighted by molar-refractivity contribution is 7.45. The van der Waals surface area contributed by atoms with Crippen molar-refractivity contribution in [2.75, 3.05) is 40.9 Å². The summed E-state index contributed by atoms with van der Waals surface area (Å²) < 4.78 is 23.2. The molecule has 2 N–H and O–H groups in total. The Morgan fingerprint density at radius 1 is 0.459 bits per heavy atom. The third kappa shape index (κ3) is 58.1. The molecule has 3 unspecified atom stereocenters. The van der Waals surface area contributed by atoms with Crippen molar-refractivity contribution in [1.82, 2.24) is 5.32 Å². The normalized spacial score (nSPS) is 14.1. The van der Waals surface area contributed by atoms with Gasteiger partial charge in [0.25, 0.3) is 7.82 Å². The largest absolute Gasteiger partial charge is 0.756 e. The second kappa shape index (κ2) is 56.2. The van der Waals surface area contributed by atoms with Crippen molar-refractivity contribution in [1.29, 1.82) is 0 Å². The molecule has 0 spiro atoms. The van der Waals surface area contributed by atoms with Crippen LogP contribution in [0.1, 0.15) is 309 Å². The number of carbonyl (C=O) groups is 1. The van der Waals surface area contributed by atoms with Crippen LogP contribution in [-0.2, 0) is 18.4 Å². The summed E-state index contributed by atoms with van der Waals surface area (Å²) in [7, 11) is 1.24. The van der Waals surface area contributed by atoms with Crippen LogP contribution in [0, 0.1) is 0 Å². The van der Waals surface area contributed by atoms with Gasteiger partial charge in [0, 0.05) is 6.42 Å². The smallest absolute Gasteiger partial charge is 0.268 e. The third-order valence-corrected chi connectivity index (χ3v) is 15.4. The van der Waals surface area contributed by atoms with Gasteiger partial charge in [-0.3, -0.25) is 9.36 Å². The Morgan fingerprint density at radius 3 is 1.15 bits per heavy atom. The Kier molecular flexibility index (Phi) is 55.0. The molecule has 0 rings (SSSR count). The van der Waals surface area contributed by atoms with Gasteiger partial charge in [-0.25, -0.2) is 0 Å². The van der Waals surface area contributed by atoms with Crippen molar-refractivity contribution < 1.29 is 32.9 Å². The molecule has 0 aliphatic rings. The number of allylic oxidation sites excluding steroid dienone is 7. The molecule has 1 amide bonds. The topological polar surface area (TPSA) is 108 Å². The van der Waals surface area contributed by atoms with Crippen LogP contribution in [0.25, 0.3) is 0 Å². The second-order valence-corrected chi connectivity index (χ2v) is 24.5. The number of likely N-dealkylation sites (N-methyl/N-ethyl adjacent to an activating group) is 1. The number of unbranched alkanes of at least 4 members (excludes halogenated alkanes) is 40. The van der Waals surface area contributed by atoms with Crippen molar-refractivity contribution in [3.63, 3.8) is 0 Å². The molecule has 74 heavy (non-hydrogen) atoms. The number of phosphoric acid groups is 1. The number of aliphatic hydroxyl groups is 1. The van der Waals surface area contributed by atoms with Crippen LogP contribution >= 0.6 is 7.82 Å². The number of carbonyl (C=O) groups excluding carboxylic acids is 1. The van der Waals surface area contributed by atoms with Crippen molar-refractivity contribution >= 4 is 13.7 Å². The lowest BCUT2D eigenvalue weighted by Crippen LogP contribution is -2.45. The first-order chi connectivity index (χ1) is 36.0. The SMILES string of the molecule is CCC/C=C/CC/C=C/CC/C=C/C(O)C(COP(=O)([O-])OCC[N+](C)(C)C)NC(=O)CCCCCCCCCCCCCCCCCCCCCCCCCCCCCCC/C=C\CCCCCCCCCC. The van der Waals surface area contributed by atoms with Crippen LogP contribution in [-0.4, -0.2) is 68.5 Å². The van der Waals surface area contributed by atoms with E-state index in [-0.39, 0.29) is 12.5 Å². The standard InChI is InChI=1S/C65H125N2O6P/c1-6-8-10-12-14-16-18-19-20-21-22-23-24-25-26-27-28-29-30-31-32-33-34-35-36-37-38-39-40-41-42-43-44-45-46-47-49-51-53-55-57-59-65(69)66-63(62-73-74(70,71)72-61-60-67(3,4)5)64(68)58-56-54-52-50-48-17-15-13-11-9-7-2/h11,13,21-22,48,50,56,58,63-64,68H,6-10,12,14-20,23-47,49,51-55,57,59-62H2,1-5H3,(H-,66,69,70,71)/b13-11+,22-21-,50-48+,58-56+. The van der Waals surface area contributed by atoms with E-state index in [9.17, 15) is 19.4 Å². The molecule has 0 aromatic carbocycles. The molecule has 0 saturated heterocycles. The molecule has 0 aliphatic carbocycles. The summed E-state index contributed by atoms with van der Waals surface area (Å²) in [5, 5.41) is 13.8. The zero-order chi connectivity index (χ0) is 54.2. The van der Waals surface area contributed by atoms with Gasteiger partial charge < -0.3 is 28.8 Å². The maximum atomic E-state index is 12.9. The lowest BCUT2D eigenvalue weighted by molar-refractivity contribution is -0.870. The molecular weight excluding hydrogens is 936 g/mol. The Hall–Kier alpha value is -1.54. The molecule has 0 heterocycles. The van der Waals surface area contributed by atoms with Crippen LogP contribution in [0.4, 0.5) is 0 Å². The average Bonchev–Trinajstić information content (AvgIpc) is 3.36. The predicted molar refractivity (Wildman–Crippen MR) is 321 cm³/mol. The lowest BCUT2D eigenvalue weighted by Gasteiger charge is -2.29. The zero-order valence-corrected chi connectivity index (χ0v) is 50.7. The molecule has 0 aliphatic heterocycles. The summed E-state index contributed by atoms with van der Waals surface area (Å²) in [4.78, 5) is 25.4. The summed E-state index contributed by atoms with van der Waals surface area (Å²) in [5.41, 5.74) is 0. The summed E-state index contributed by atoms with van der Waals surface area (Å²) in [6.07, 6.45) is 75.5. The van der Waals surface area contributed by atoms with Crippen molar-refractivity contribution in [3.8, 4) is 0 Å². The van der Waals surface area contributed by atoms with Crippen LogP contribution in [0.15, 0.2) is 48.6 Å². The molecule has 0 bridgehead atoms. The number of quaternary nitrogens is 1. The van der Waals surface area contributed by atoms with E-state index in [1.54, 1.807) is 6.08 Å². The van der Waals surface area contributed by atoms with E-state index in [0.29, 0.717) is 17.4 Å². The van der Waals surface area contributed by atoms with E-state index in [4.69, 9.17) is 9.05 Å². The van der Waals surface area contributed by atoms with Gasteiger partial charge in [0.05, 0.1) is 39.9 Å². The van der Waals surface area contributed by atoms with Crippen LogP contribution in [0.2, 0.25) is 0 Å². The van der Waals surface area contributed by atoms with Gasteiger partial charge in [0.1, 0.15) is 13.2 Å². The van der Waals surface area contributed by atoms with Crippen molar-refractivity contribution in [2.45, 2.75) is 321 Å². The highest BCUT2D eigenvalue weighted by Crippen LogP contribution is 2.38. The molecular formula is C65H125N2O6P. The molecule has 8 nitrogen and oxygen atoms in total. The molecule has 0 saturated carbocycles. The van der Waals surface area contributed by atoms with Gasteiger partial charge in [0.2, 0.25) is 5.91 Å². The van der Waals surface area contributed by atoms with E-state index in [1.165, 1.54) is 238 Å². The quantitative estimate of drug-likeness (QED) is 0.0272. The molecule has 9 heteroatoms. The summed E-state index contributed by atoms with van der Waals surface area (Å²) in [6, 6.07) is -0.907. The Labute approximate surface area is 460 Å². The molecule has 3 atom stereocenters. The number of rotatable bonds is 59. The molecule has 0 aromatic rings. The van der Waals surface area contributed by atoms with E-state index in [0.717, 1.165) is 51.4 Å². The number of amides is 1. The fraction of sp³-hybridized carbons (Fsp3) is 0.862. The molecule has 0 radical (unpaired) electrons. The van der Waals surface area contributed by atoms with E-state index < -0.39 is 26.6 Å². The zero-order valence-electron chi connectivity index (χ0n) is 49.8. The number of aliphatic hydroxyl groups excluding tert-OH is 1. The van der Waals surface area contributed by atoms with Gasteiger partial charge in [-0.15, -0.1) is 0 Å². The van der Waals surface area contributed by atoms with Gasteiger partial charge >= 0.3 is 0 Å². The number of phosphoric ester groups is 1. The van der Waals surface area contributed by atoms with Gasteiger partial charge in [0.15, 0.2) is 0 Å². The Balaban J connectivity index is 3.79. The first-order valence-electron chi connectivity index (χ1n) is 32.0. The van der Waals surface area contributed by atoms with Crippen molar-refractivity contribution in [2.24, 2.45) is 0 Å². The monoisotopic (exact) mass is 1060 g/mol. The van der Waals surface area contributed by atoms with E-state index >= 15 is 0 Å². The van der Waals surface area contributed by atoms with E-state index in [1.807, 2.05) is 27.2 Å². The highest BCUT2D eigenvalue weighted by Gasteiger charge is 2.23. The molecule has 436 valence electrons. The minimum atomic E-state index is -4.60. The van der Waals surface area contributed by atoms with Crippen LogP contribution in [0.5, 0.6) is 0 Å². The minimum absolute atomic E-state index is 0.00844. The Morgan fingerprint density at radius 2 is 0.784 bits per heavy atom. The lowest BCUT2D eigenvalue weighted by atomic mass is 10.0. The maximum Gasteiger partial charge on any atom is 0.268 e. The molecule has 0 fully saturated rings. The molecule has 0 aromatic heterocycles. The van der Waals surface area contributed by atoms with Gasteiger partial charge in [-0.1, -0.05) is 287 Å². The predicted octanol–water partition coefficient (Wildman–Crippen LogP) is 19.2. The summed E-state index contributed by atoms with van der Waals surface area (Å²) in [6.45, 7) is 4.56. The Bertz CT molecular complexity index is 1340. The second-order valence-electron chi connectivity index (χ2n) is 23.1. The van der Waals surface area contributed by atoms with Crippen LogP contribution in [0.3, 0.4) is 0 Å². The number of nitrogens with zero attached hydrogens (tertiary/aromatic N) is 1. The average molecular weight is 1060 g/mol. The minimum Gasteiger partial charge on any atom is -0.756 e. The number of nitrogens with one attached hydrogen (secondary N) is 1. The maximum absolute atomic E-state index is 12.9. The third-order valence-electron chi connectivity index (χ3n) is 14.5.